The van der Waals surface area contributed by atoms with Crippen LogP contribution in [0.3, 0.4) is 0 Å². The van der Waals surface area contributed by atoms with Crippen LogP contribution >= 0.6 is 0 Å². The number of carbonyl (C=O) groups excluding carboxylic acids is 1. The molecule has 138 valence electrons. The summed E-state index contributed by atoms with van der Waals surface area (Å²) in [5.41, 5.74) is 0.233. The Balaban J connectivity index is 2.22. The number of ether oxygens (including phenoxy) is 1. The average Bonchev–Trinajstić information content (AvgIpc) is 2.68. The van der Waals surface area contributed by atoms with Gasteiger partial charge in [-0.2, -0.15) is 0 Å². The summed E-state index contributed by atoms with van der Waals surface area (Å²) in [4.78, 5) is 24.8. The van der Waals surface area contributed by atoms with Gasteiger partial charge in [0, 0.05) is 13.2 Å². The van der Waals surface area contributed by atoms with Crippen molar-refractivity contribution in [2.75, 3.05) is 13.2 Å². The summed E-state index contributed by atoms with van der Waals surface area (Å²) in [7, 11) is 0. The summed E-state index contributed by atoms with van der Waals surface area (Å²) in [5, 5.41) is 12.7. The molecule has 0 saturated heterocycles. The maximum absolute atomic E-state index is 12.7. The Kier molecular flexibility index (Phi) is 6.92. The molecule has 0 bridgehead atoms. The summed E-state index contributed by atoms with van der Waals surface area (Å²) in [6.45, 7) is 4.01. The smallest absolute Gasteiger partial charge is 0.315 e. The maximum atomic E-state index is 12.7. The van der Waals surface area contributed by atoms with Gasteiger partial charge in [-0.15, -0.1) is 0 Å². The average molecular weight is 355 g/mol. The number of nitrogens with one attached hydrogen (secondary N) is 1. The molecule has 2 rings (SSSR count). The Morgan fingerprint density at radius 2 is 1.62 bits per heavy atom. The van der Waals surface area contributed by atoms with Gasteiger partial charge in [-0.3, -0.25) is 9.59 Å². The number of carbonyl (C=O) groups is 2. The number of carboxylic acids is 1. The molecule has 0 spiro atoms. The van der Waals surface area contributed by atoms with Gasteiger partial charge in [-0.05, 0) is 24.5 Å². The number of aliphatic carboxylic acids is 1. The maximum Gasteiger partial charge on any atom is 0.315 e. The van der Waals surface area contributed by atoms with Crippen LogP contribution in [0.5, 0.6) is 0 Å². The highest BCUT2D eigenvalue weighted by Gasteiger charge is 2.39. The van der Waals surface area contributed by atoms with Crippen LogP contribution < -0.4 is 5.32 Å². The summed E-state index contributed by atoms with van der Waals surface area (Å²) in [6.07, 6.45) is -0.405. The third-order valence-corrected chi connectivity index (χ3v) is 4.58. The first-order valence-electron chi connectivity index (χ1n) is 8.78. The second-order valence-corrected chi connectivity index (χ2v) is 6.07. The fourth-order valence-corrected chi connectivity index (χ4v) is 2.99. The first-order chi connectivity index (χ1) is 12.5. The highest BCUT2D eigenvalue weighted by atomic mass is 16.5. The van der Waals surface area contributed by atoms with Crippen molar-refractivity contribution in [1.29, 1.82) is 0 Å². The van der Waals surface area contributed by atoms with Gasteiger partial charge >= 0.3 is 5.97 Å². The zero-order chi connectivity index (χ0) is 19.0. The van der Waals surface area contributed by atoms with Crippen molar-refractivity contribution < 1.29 is 19.4 Å². The van der Waals surface area contributed by atoms with Gasteiger partial charge in [0.1, 0.15) is 5.41 Å². The largest absolute Gasteiger partial charge is 0.481 e. The number of carboxylic acid groups (broad SMARTS) is 1. The van der Waals surface area contributed by atoms with Crippen molar-refractivity contribution in [3.05, 3.63) is 71.8 Å². The van der Waals surface area contributed by atoms with Crippen molar-refractivity contribution in [2.24, 2.45) is 0 Å². The fraction of sp³-hybridized carbons (Fsp3) is 0.333. The van der Waals surface area contributed by atoms with E-state index in [0.717, 1.165) is 5.56 Å². The normalized spacial score (nSPS) is 14.2. The fourth-order valence-electron chi connectivity index (χ4n) is 2.99. The molecule has 2 aromatic rings. The Hall–Kier alpha value is -2.66. The van der Waals surface area contributed by atoms with Crippen LogP contribution in [0.15, 0.2) is 60.7 Å². The Morgan fingerprint density at radius 1 is 1.04 bits per heavy atom. The SMILES string of the molecule is CCOC(C(=O)NCC(CC)(C(=O)O)c1ccccc1)c1ccccc1. The predicted octanol–water partition coefficient (Wildman–Crippen LogP) is 3.31. The summed E-state index contributed by atoms with van der Waals surface area (Å²) in [5.74, 6) is -1.30. The highest BCUT2D eigenvalue weighted by Crippen LogP contribution is 2.28. The molecule has 2 aromatic carbocycles. The minimum absolute atomic E-state index is 0.00190. The predicted molar refractivity (Wildman–Crippen MR) is 99.9 cm³/mol. The Labute approximate surface area is 154 Å². The number of hydrogen-bond donors (Lipinski definition) is 2. The lowest BCUT2D eigenvalue weighted by Gasteiger charge is -2.30. The highest BCUT2D eigenvalue weighted by molar-refractivity contribution is 5.85. The molecule has 2 atom stereocenters. The molecule has 0 saturated carbocycles. The molecule has 0 radical (unpaired) electrons. The molecule has 0 aliphatic heterocycles. The summed E-state index contributed by atoms with van der Waals surface area (Å²) < 4.78 is 5.60. The summed E-state index contributed by atoms with van der Waals surface area (Å²) >= 11 is 0. The van der Waals surface area contributed by atoms with Gasteiger partial charge < -0.3 is 15.2 Å². The number of hydrogen-bond acceptors (Lipinski definition) is 3. The summed E-state index contributed by atoms with van der Waals surface area (Å²) in [6, 6.07) is 18.2. The molecular weight excluding hydrogens is 330 g/mol. The topological polar surface area (TPSA) is 75.6 Å². The molecule has 5 nitrogen and oxygen atoms in total. The van der Waals surface area contributed by atoms with E-state index in [4.69, 9.17) is 4.74 Å². The van der Waals surface area contributed by atoms with Crippen LogP contribution in [0.4, 0.5) is 0 Å². The standard InChI is InChI=1S/C21H25NO4/c1-3-21(20(24)25,17-13-9-6-10-14-17)15-22-19(23)18(26-4-2)16-11-7-5-8-12-16/h5-14,18H,3-4,15H2,1-2H3,(H,22,23)(H,24,25). The lowest BCUT2D eigenvalue weighted by Crippen LogP contribution is -2.47. The van der Waals surface area contributed by atoms with Gasteiger partial charge in [0.15, 0.2) is 6.10 Å². The first-order valence-corrected chi connectivity index (χ1v) is 8.78. The van der Waals surface area contributed by atoms with E-state index in [1.165, 1.54) is 0 Å². The molecule has 0 aromatic heterocycles. The van der Waals surface area contributed by atoms with Crippen LogP contribution in [0.1, 0.15) is 37.5 Å². The van der Waals surface area contributed by atoms with Gasteiger partial charge in [0.05, 0.1) is 0 Å². The minimum atomic E-state index is -1.18. The zero-order valence-electron chi connectivity index (χ0n) is 15.1. The second kappa shape index (κ2) is 9.15. The van der Waals surface area contributed by atoms with E-state index >= 15 is 0 Å². The monoisotopic (exact) mass is 355 g/mol. The number of benzene rings is 2. The van der Waals surface area contributed by atoms with Crippen LogP contribution in [0.2, 0.25) is 0 Å². The van der Waals surface area contributed by atoms with Crippen LogP contribution in [-0.4, -0.2) is 30.1 Å². The quantitative estimate of drug-likeness (QED) is 0.723. The van der Waals surface area contributed by atoms with Gasteiger partial charge in [-0.1, -0.05) is 67.6 Å². The molecule has 0 fully saturated rings. The molecule has 0 aliphatic carbocycles. The molecule has 0 heterocycles. The van der Waals surface area contributed by atoms with E-state index in [-0.39, 0.29) is 12.5 Å². The third kappa shape index (κ3) is 4.29. The molecule has 5 heteroatoms. The van der Waals surface area contributed by atoms with E-state index in [1.807, 2.05) is 50.2 Å². The van der Waals surface area contributed by atoms with Crippen molar-refractivity contribution >= 4 is 11.9 Å². The van der Waals surface area contributed by atoms with Gasteiger partial charge in [0.2, 0.25) is 0 Å². The van der Waals surface area contributed by atoms with Gasteiger partial charge in [-0.25, -0.2) is 0 Å². The second-order valence-electron chi connectivity index (χ2n) is 6.07. The molecular formula is C21H25NO4. The molecule has 2 unspecified atom stereocenters. The lowest BCUT2D eigenvalue weighted by molar-refractivity contribution is -0.144. The van der Waals surface area contributed by atoms with Crippen LogP contribution in [-0.2, 0) is 19.7 Å². The lowest BCUT2D eigenvalue weighted by atomic mass is 9.78. The van der Waals surface area contributed by atoms with Crippen molar-refractivity contribution in [2.45, 2.75) is 31.8 Å². The van der Waals surface area contributed by atoms with E-state index in [9.17, 15) is 14.7 Å². The number of rotatable bonds is 9. The number of amides is 1. The van der Waals surface area contributed by atoms with E-state index < -0.39 is 17.5 Å². The molecule has 1 amide bonds. The van der Waals surface area contributed by atoms with Crippen molar-refractivity contribution in [1.82, 2.24) is 5.32 Å². The van der Waals surface area contributed by atoms with Crippen LogP contribution in [0, 0.1) is 0 Å². The van der Waals surface area contributed by atoms with Gasteiger partial charge in [0.25, 0.3) is 5.91 Å². The first kappa shape index (κ1) is 19.7. The zero-order valence-corrected chi connectivity index (χ0v) is 15.1. The molecule has 0 aliphatic rings. The Bertz CT molecular complexity index is 717. The van der Waals surface area contributed by atoms with Crippen LogP contribution in [0.25, 0.3) is 0 Å². The van der Waals surface area contributed by atoms with Crippen molar-refractivity contribution in [3.8, 4) is 0 Å². The van der Waals surface area contributed by atoms with Crippen molar-refractivity contribution in [3.63, 3.8) is 0 Å². The van der Waals surface area contributed by atoms with E-state index in [1.54, 1.807) is 24.3 Å². The minimum Gasteiger partial charge on any atom is -0.481 e. The van der Waals surface area contributed by atoms with E-state index in [2.05, 4.69) is 5.32 Å². The molecule has 2 N–H and O–H groups in total. The Morgan fingerprint density at radius 3 is 2.12 bits per heavy atom. The molecule has 26 heavy (non-hydrogen) atoms. The van der Waals surface area contributed by atoms with E-state index in [0.29, 0.717) is 18.6 Å². The third-order valence-electron chi connectivity index (χ3n) is 4.58.